The van der Waals surface area contributed by atoms with Gasteiger partial charge in [0.15, 0.2) is 0 Å². The van der Waals surface area contributed by atoms with Gasteiger partial charge in [-0.05, 0) is 61.9 Å². The Kier molecular flexibility index (Phi) is 4.53. The zero-order valence-electron chi connectivity index (χ0n) is 15.1. The van der Waals surface area contributed by atoms with Crippen LogP contribution in [0.15, 0.2) is 66.7 Å². The largest absolute Gasteiger partial charge is 0.493 e. The minimum absolute atomic E-state index is 0.522. The first kappa shape index (κ1) is 16.5. The van der Waals surface area contributed by atoms with Crippen LogP contribution in [0.3, 0.4) is 0 Å². The summed E-state index contributed by atoms with van der Waals surface area (Å²) in [6, 6.07) is 22.2. The topological polar surface area (TPSA) is 27.7 Å². The minimum atomic E-state index is -0.522. The smallest absolute Gasteiger partial charge is 0.267 e. The lowest BCUT2D eigenvalue weighted by Crippen LogP contribution is -2.15. The van der Waals surface area contributed by atoms with E-state index in [1.165, 1.54) is 16.7 Å². The van der Waals surface area contributed by atoms with Crippen LogP contribution >= 0.6 is 0 Å². The second-order valence-corrected chi connectivity index (χ2v) is 6.66. The number of aryl methyl sites for hydroxylation is 2. The van der Waals surface area contributed by atoms with Crippen molar-refractivity contribution in [2.75, 3.05) is 6.61 Å². The zero-order chi connectivity index (χ0) is 17.9. The maximum absolute atomic E-state index is 6.19. The lowest BCUT2D eigenvalue weighted by atomic mass is 10.1. The molecule has 1 aliphatic heterocycles. The van der Waals surface area contributed by atoms with Crippen LogP contribution in [0, 0.1) is 13.8 Å². The summed E-state index contributed by atoms with van der Waals surface area (Å²) < 4.78 is 18.0. The highest BCUT2D eigenvalue weighted by molar-refractivity contribution is 5.41. The van der Waals surface area contributed by atoms with E-state index in [0.29, 0.717) is 0 Å². The van der Waals surface area contributed by atoms with Crippen molar-refractivity contribution in [3.63, 3.8) is 0 Å². The fraction of sp³-hybridized carbons (Fsp3) is 0.217. The van der Waals surface area contributed by atoms with Gasteiger partial charge in [0, 0.05) is 12.0 Å². The van der Waals surface area contributed by atoms with Crippen LogP contribution in [0.5, 0.6) is 17.2 Å². The molecule has 0 aromatic heterocycles. The molecule has 0 radical (unpaired) electrons. The molecule has 132 valence electrons. The van der Waals surface area contributed by atoms with Gasteiger partial charge in [-0.15, -0.1) is 0 Å². The average molecular weight is 346 g/mol. The fourth-order valence-electron chi connectivity index (χ4n) is 2.99. The first-order chi connectivity index (χ1) is 12.7. The SMILES string of the molecule is Cc1ccc(OC(Oc2ccc(C)cc2)c2ccc3c(c2)CCO3)cc1. The molecule has 3 aromatic rings. The van der Waals surface area contributed by atoms with Crippen LogP contribution in [0.2, 0.25) is 0 Å². The van der Waals surface area contributed by atoms with E-state index in [1.54, 1.807) is 0 Å². The van der Waals surface area contributed by atoms with E-state index >= 15 is 0 Å². The van der Waals surface area contributed by atoms with Gasteiger partial charge in [-0.1, -0.05) is 35.4 Å². The van der Waals surface area contributed by atoms with Gasteiger partial charge < -0.3 is 14.2 Å². The molecule has 0 spiro atoms. The van der Waals surface area contributed by atoms with Crippen molar-refractivity contribution in [3.05, 3.63) is 89.0 Å². The molecular formula is C23H22O3. The maximum Gasteiger partial charge on any atom is 0.267 e. The van der Waals surface area contributed by atoms with Gasteiger partial charge in [0.2, 0.25) is 0 Å². The van der Waals surface area contributed by atoms with Crippen molar-refractivity contribution in [1.82, 2.24) is 0 Å². The zero-order valence-corrected chi connectivity index (χ0v) is 15.1. The minimum Gasteiger partial charge on any atom is -0.493 e. The van der Waals surface area contributed by atoms with Crippen molar-refractivity contribution < 1.29 is 14.2 Å². The molecule has 1 aliphatic rings. The van der Waals surface area contributed by atoms with Crippen LogP contribution in [0.4, 0.5) is 0 Å². The molecule has 0 saturated heterocycles. The summed E-state index contributed by atoms with van der Waals surface area (Å²) in [5.74, 6) is 2.52. The fourth-order valence-corrected chi connectivity index (χ4v) is 2.99. The quantitative estimate of drug-likeness (QED) is 0.579. The summed E-state index contributed by atoms with van der Waals surface area (Å²) >= 11 is 0. The molecule has 4 rings (SSSR count). The van der Waals surface area contributed by atoms with Crippen LogP contribution in [0.1, 0.15) is 28.5 Å². The molecule has 3 nitrogen and oxygen atoms in total. The average Bonchev–Trinajstić information content (AvgIpc) is 3.12. The lowest BCUT2D eigenvalue weighted by Gasteiger charge is -2.21. The van der Waals surface area contributed by atoms with Crippen LogP contribution in [0.25, 0.3) is 0 Å². The lowest BCUT2D eigenvalue weighted by molar-refractivity contribution is 0.00375. The molecule has 0 atom stereocenters. The van der Waals surface area contributed by atoms with E-state index in [2.05, 4.69) is 19.9 Å². The summed E-state index contributed by atoms with van der Waals surface area (Å²) in [6.07, 6.45) is 0.400. The van der Waals surface area contributed by atoms with Gasteiger partial charge in [-0.25, -0.2) is 0 Å². The molecule has 1 heterocycles. The summed E-state index contributed by atoms with van der Waals surface area (Å²) in [5.41, 5.74) is 4.58. The van der Waals surface area contributed by atoms with Gasteiger partial charge >= 0.3 is 0 Å². The third-order valence-electron chi connectivity index (χ3n) is 4.51. The van der Waals surface area contributed by atoms with Gasteiger partial charge in [-0.2, -0.15) is 0 Å². The Hall–Kier alpha value is -2.94. The molecule has 3 heteroatoms. The molecule has 0 N–H and O–H groups in total. The predicted octanol–water partition coefficient (Wildman–Crippen LogP) is 5.39. The van der Waals surface area contributed by atoms with Crippen LogP contribution in [-0.2, 0) is 6.42 Å². The second kappa shape index (κ2) is 7.12. The highest BCUT2D eigenvalue weighted by Crippen LogP contribution is 2.31. The van der Waals surface area contributed by atoms with E-state index in [-0.39, 0.29) is 0 Å². The summed E-state index contributed by atoms with van der Waals surface area (Å²) in [6.45, 7) is 4.86. The Morgan fingerprint density at radius 1 is 0.769 bits per heavy atom. The first-order valence-corrected chi connectivity index (χ1v) is 8.90. The number of hydrogen-bond donors (Lipinski definition) is 0. The molecular weight excluding hydrogens is 324 g/mol. The molecule has 3 aromatic carbocycles. The maximum atomic E-state index is 6.19. The van der Waals surface area contributed by atoms with Gasteiger partial charge in [-0.3, -0.25) is 0 Å². The number of ether oxygens (including phenoxy) is 3. The highest BCUT2D eigenvalue weighted by Gasteiger charge is 2.20. The van der Waals surface area contributed by atoms with Crippen molar-refractivity contribution in [1.29, 1.82) is 0 Å². The number of rotatable bonds is 5. The number of hydrogen-bond acceptors (Lipinski definition) is 3. The number of benzene rings is 3. The van der Waals surface area contributed by atoms with Crippen molar-refractivity contribution in [3.8, 4) is 17.2 Å². The molecule has 26 heavy (non-hydrogen) atoms. The normalized spacial score (nSPS) is 12.6. The molecule has 0 aliphatic carbocycles. The Morgan fingerprint density at radius 2 is 1.35 bits per heavy atom. The molecule has 0 amide bonds. The van der Waals surface area contributed by atoms with E-state index in [9.17, 15) is 0 Å². The van der Waals surface area contributed by atoms with Crippen LogP contribution in [-0.4, -0.2) is 6.61 Å². The van der Waals surface area contributed by atoms with E-state index < -0.39 is 6.29 Å². The number of fused-ring (bicyclic) bond motifs is 1. The Bertz CT molecular complexity index is 835. The standard InChI is InChI=1S/C23H22O3/c1-16-3-8-20(9-4-16)25-23(26-21-10-5-17(2)6-11-21)19-7-12-22-18(15-19)13-14-24-22/h3-12,15,23H,13-14H2,1-2H3. The van der Waals surface area contributed by atoms with E-state index in [0.717, 1.165) is 35.8 Å². The van der Waals surface area contributed by atoms with Gasteiger partial charge in [0.1, 0.15) is 17.2 Å². The van der Waals surface area contributed by atoms with Crippen molar-refractivity contribution in [2.45, 2.75) is 26.6 Å². The molecule has 0 bridgehead atoms. The Morgan fingerprint density at radius 3 is 1.92 bits per heavy atom. The molecule has 0 unspecified atom stereocenters. The summed E-state index contributed by atoms with van der Waals surface area (Å²) in [4.78, 5) is 0. The summed E-state index contributed by atoms with van der Waals surface area (Å²) in [7, 11) is 0. The molecule has 0 saturated carbocycles. The second-order valence-electron chi connectivity index (χ2n) is 6.66. The highest BCUT2D eigenvalue weighted by atomic mass is 16.7. The summed E-state index contributed by atoms with van der Waals surface area (Å²) in [5, 5.41) is 0. The van der Waals surface area contributed by atoms with Crippen LogP contribution < -0.4 is 14.2 Å². The van der Waals surface area contributed by atoms with Gasteiger partial charge in [0.05, 0.1) is 6.61 Å². The Labute approximate surface area is 154 Å². The Balaban J connectivity index is 1.63. The monoisotopic (exact) mass is 346 g/mol. The third kappa shape index (κ3) is 3.67. The van der Waals surface area contributed by atoms with Crippen molar-refractivity contribution in [2.24, 2.45) is 0 Å². The van der Waals surface area contributed by atoms with E-state index in [1.807, 2.05) is 60.7 Å². The predicted molar refractivity (Wildman–Crippen MR) is 102 cm³/mol. The van der Waals surface area contributed by atoms with E-state index in [4.69, 9.17) is 14.2 Å². The first-order valence-electron chi connectivity index (χ1n) is 8.90. The third-order valence-corrected chi connectivity index (χ3v) is 4.51. The van der Waals surface area contributed by atoms with Gasteiger partial charge in [0.25, 0.3) is 6.29 Å². The molecule has 0 fully saturated rings. The van der Waals surface area contributed by atoms with Crippen molar-refractivity contribution >= 4 is 0 Å².